The highest BCUT2D eigenvalue weighted by Gasteiger charge is 2.74. The summed E-state index contributed by atoms with van der Waals surface area (Å²) in [6, 6.07) is 0. The first-order chi connectivity index (χ1) is 20.3. The minimum Gasteiger partial charge on any atom is -0.456 e. The van der Waals surface area contributed by atoms with Gasteiger partial charge in [0, 0.05) is 31.4 Å². The molecule has 0 bridgehead atoms. The van der Waals surface area contributed by atoms with Crippen LogP contribution in [-0.4, -0.2) is 59.0 Å². The number of hydrogen-bond acceptors (Lipinski definition) is 9. The van der Waals surface area contributed by atoms with Gasteiger partial charge in [-0.1, -0.05) is 76.6 Å². The Morgan fingerprint density at radius 1 is 1.12 bits per heavy atom. The average Bonchev–Trinajstić information content (AvgIpc) is 3.23. The molecule has 3 aliphatic rings. The number of ether oxygens (including phenoxy) is 4. The Bertz CT molecular complexity index is 1150. The Labute approximate surface area is 255 Å². The summed E-state index contributed by atoms with van der Waals surface area (Å²) in [7, 11) is 0. The van der Waals surface area contributed by atoms with Crippen LogP contribution in [0.15, 0.2) is 60.8 Å². The lowest BCUT2D eigenvalue weighted by atomic mass is 9.44. The van der Waals surface area contributed by atoms with Gasteiger partial charge in [0.1, 0.15) is 12.2 Å². The fourth-order valence-electron chi connectivity index (χ4n) is 7.12. The lowest BCUT2D eigenvalue weighted by molar-refractivity contribution is -0.276. The van der Waals surface area contributed by atoms with E-state index >= 15 is 0 Å². The third-order valence-corrected chi connectivity index (χ3v) is 9.47. The smallest absolute Gasteiger partial charge is 0.331 e. The van der Waals surface area contributed by atoms with Crippen molar-refractivity contribution >= 4 is 17.9 Å². The Hall–Kier alpha value is -3.01. The van der Waals surface area contributed by atoms with Crippen LogP contribution in [-0.2, 0) is 33.3 Å². The van der Waals surface area contributed by atoms with Crippen molar-refractivity contribution in [3.05, 3.63) is 60.8 Å². The van der Waals surface area contributed by atoms with Crippen LogP contribution in [0.5, 0.6) is 0 Å². The lowest BCUT2D eigenvalue weighted by Gasteiger charge is -2.62. The van der Waals surface area contributed by atoms with Crippen LogP contribution in [0.25, 0.3) is 0 Å². The third-order valence-electron chi connectivity index (χ3n) is 9.47. The van der Waals surface area contributed by atoms with Gasteiger partial charge in [0.2, 0.25) is 12.6 Å². The van der Waals surface area contributed by atoms with Gasteiger partial charge in [-0.15, -0.1) is 0 Å². The number of carbonyl (C=O) groups excluding carboxylic acids is 3. The summed E-state index contributed by atoms with van der Waals surface area (Å²) in [5, 5.41) is 23.3. The van der Waals surface area contributed by atoms with Crippen LogP contribution in [0.3, 0.4) is 0 Å². The second kappa shape index (κ2) is 14.6. The number of aliphatic hydroxyl groups excluding tert-OH is 2. The summed E-state index contributed by atoms with van der Waals surface area (Å²) in [6.07, 6.45) is 9.32. The molecule has 2 aliphatic carbocycles. The molecule has 9 heteroatoms. The van der Waals surface area contributed by atoms with E-state index in [4.69, 9.17) is 18.9 Å². The van der Waals surface area contributed by atoms with Crippen molar-refractivity contribution in [3.63, 3.8) is 0 Å². The van der Waals surface area contributed by atoms with Crippen molar-refractivity contribution in [1.29, 1.82) is 0 Å². The number of aliphatic hydroxyl groups is 2. The predicted octanol–water partition coefficient (Wildman–Crippen LogP) is 5.23. The average molecular weight is 601 g/mol. The van der Waals surface area contributed by atoms with Gasteiger partial charge in [-0.25, -0.2) is 4.79 Å². The first-order valence-corrected chi connectivity index (χ1v) is 15.2. The molecule has 1 aliphatic heterocycles. The van der Waals surface area contributed by atoms with Crippen LogP contribution < -0.4 is 0 Å². The Balaban J connectivity index is 2.09. The molecular weight excluding hydrogens is 552 g/mol. The zero-order valence-corrected chi connectivity index (χ0v) is 26.1. The van der Waals surface area contributed by atoms with Crippen LogP contribution in [0.4, 0.5) is 0 Å². The lowest BCUT2D eigenvalue weighted by Crippen LogP contribution is -2.68. The Kier molecular flexibility index (Phi) is 11.7. The molecule has 0 unspecified atom stereocenters. The molecule has 43 heavy (non-hydrogen) atoms. The zero-order chi connectivity index (χ0) is 31.9. The van der Waals surface area contributed by atoms with Crippen molar-refractivity contribution in [2.24, 2.45) is 22.7 Å². The van der Waals surface area contributed by atoms with E-state index in [1.165, 1.54) is 26.0 Å². The predicted molar refractivity (Wildman–Crippen MR) is 161 cm³/mol. The summed E-state index contributed by atoms with van der Waals surface area (Å²) in [4.78, 5) is 37.5. The van der Waals surface area contributed by atoms with Crippen molar-refractivity contribution in [2.45, 2.75) is 110 Å². The van der Waals surface area contributed by atoms with E-state index in [1.807, 2.05) is 19.9 Å². The number of allylic oxidation sites excluding steroid dienone is 5. The molecule has 2 N–H and O–H groups in total. The zero-order valence-electron chi connectivity index (χ0n) is 26.1. The minimum absolute atomic E-state index is 0.208. The molecule has 0 amide bonds. The highest BCUT2D eigenvalue weighted by molar-refractivity contribution is 5.82. The van der Waals surface area contributed by atoms with Crippen molar-refractivity contribution in [2.75, 3.05) is 0 Å². The summed E-state index contributed by atoms with van der Waals surface area (Å²) < 4.78 is 23.2. The van der Waals surface area contributed by atoms with E-state index in [0.29, 0.717) is 12.8 Å². The molecule has 9 atom stereocenters. The normalized spacial score (nSPS) is 35.1. The molecule has 0 aromatic carbocycles. The molecule has 1 heterocycles. The molecule has 0 aromatic heterocycles. The summed E-state index contributed by atoms with van der Waals surface area (Å²) in [5.74, 6) is -2.89. The fraction of sp³-hybridized carbons (Fsp3) is 0.618. The molecule has 0 aromatic rings. The van der Waals surface area contributed by atoms with Gasteiger partial charge in [-0.2, -0.15) is 0 Å². The number of hydrogen-bond donors (Lipinski definition) is 2. The largest absolute Gasteiger partial charge is 0.456 e. The number of esters is 3. The molecule has 1 saturated carbocycles. The molecule has 9 nitrogen and oxygen atoms in total. The molecule has 1 spiro atoms. The maximum Gasteiger partial charge on any atom is 0.331 e. The van der Waals surface area contributed by atoms with E-state index in [1.54, 1.807) is 18.2 Å². The Morgan fingerprint density at radius 2 is 1.81 bits per heavy atom. The van der Waals surface area contributed by atoms with Gasteiger partial charge < -0.3 is 24.4 Å². The third kappa shape index (κ3) is 7.21. The van der Waals surface area contributed by atoms with Gasteiger partial charge in [-0.3, -0.25) is 14.3 Å². The quantitative estimate of drug-likeness (QED) is 0.0729. The number of carbonyl (C=O) groups is 3. The highest BCUT2D eigenvalue weighted by Crippen LogP contribution is 2.67. The van der Waals surface area contributed by atoms with E-state index in [0.717, 1.165) is 31.3 Å². The van der Waals surface area contributed by atoms with Crippen molar-refractivity contribution in [1.82, 2.24) is 0 Å². The van der Waals surface area contributed by atoms with Crippen molar-refractivity contribution in [3.8, 4) is 0 Å². The monoisotopic (exact) mass is 600 g/mol. The summed E-state index contributed by atoms with van der Waals surface area (Å²) in [6.45, 7) is 16.4. The molecular formula is C34H48O9. The summed E-state index contributed by atoms with van der Waals surface area (Å²) >= 11 is 0. The first kappa shape index (κ1) is 34.5. The van der Waals surface area contributed by atoms with Gasteiger partial charge in [0.25, 0.3) is 0 Å². The van der Waals surface area contributed by atoms with E-state index in [2.05, 4.69) is 20.1 Å². The van der Waals surface area contributed by atoms with E-state index in [9.17, 15) is 24.6 Å². The number of unbranched alkanes of at least 4 members (excludes halogenated alkanes) is 3. The second-order valence-electron chi connectivity index (χ2n) is 12.2. The molecule has 1 saturated heterocycles. The van der Waals surface area contributed by atoms with Crippen molar-refractivity contribution < 1.29 is 43.5 Å². The van der Waals surface area contributed by atoms with Crippen LogP contribution in [0.1, 0.15) is 79.6 Å². The standard InChI is InChI=1S/C34H48O9/c1-8-10-11-12-13-14-15-16-28(38)42-29-22(4)33(7,18-17-21(3)9-2)27-20-25(37)19-26-31(40-23(5)35)43-32(41-24(6)36)34(26,27)30(29)39/h9,13-16,19,22,25,27,29-32,37,39H,2-3,8,10-12,17-18,20H2,1,4-7H3/b14-13+,16-15+/t22-,25+,27-,29-,30+,31+,32+,33-,34-/m0/s1. The van der Waals surface area contributed by atoms with Gasteiger partial charge in [0.15, 0.2) is 0 Å². The topological polar surface area (TPSA) is 129 Å². The van der Waals surface area contributed by atoms with E-state index < -0.39 is 71.5 Å². The maximum absolute atomic E-state index is 13.1. The highest BCUT2D eigenvalue weighted by atomic mass is 16.8. The SMILES string of the molecule is C=CC(=C)CC[C@@]1(C)[C@@H](C)[C@H](OC(=O)/C=C/C=C/CCCCC)[C@@H](O)[C@]23C(=C[C@@H](O)C[C@@H]12)[C@H](OC(C)=O)O[C@H]3OC(C)=O. The van der Waals surface area contributed by atoms with Gasteiger partial charge in [-0.05, 0) is 49.5 Å². The fourth-order valence-corrected chi connectivity index (χ4v) is 7.12. The van der Waals surface area contributed by atoms with E-state index in [-0.39, 0.29) is 12.0 Å². The molecule has 2 fully saturated rings. The minimum atomic E-state index is -1.48. The molecule has 238 valence electrons. The number of rotatable bonds is 13. The maximum atomic E-state index is 13.1. The van der Waals surface area contributed by atoms with Gasteiger partial charge >= 0.3 is 17.9 Å². The van der Waals surface area contributed by atoms with Gasteiger partial charge in [0.05, 0.1) is 11.5 Å². The summed E-state index contributed by atoms with van der Waals surface area (Å²) in [5.41, 5.74) is -1.08. The van der Waals surface area contributed by atoms with Crippen LogP contribution in [0.2, 0.25) is 0 Å². The first-order valence-electron chi connectivity index (χ1n) is 15.2. The van der Waals surface area contributed by atoms with Crippen LogP contribution in [0, 0.1) is 22.7 Å². The Morgan fingerprint density at radius 3 is 2.44 bits per heavy atom. The molecule has 0 radical (unpaired) electrons. The second-order valence-corrected chi connectivity index (χ2v) is 12.2. The molecule has 3 rings (SSSR count). The van der Waals surface area contributed by atoms with Crippen LogP contribution >= 0.6 is 0 Å².